The molecule has 152 valence electrons. The number of esters is 1. The van der Waals surface area contributed by atoms with Gasteiger partial charge >= 0.3 is 11.5 Å². The highest BCUT2D eigenvalue weighted by atomic mass is 32.2. The van der Waals surface area contributed by atoms with Crippen molar-refractivity contribution in [1.29, 1.82) is 5.26 Å². The highest BCUT2D eigenvalue weighted by molar-refractivity contribution is 8.00. The molecular weight excluding hydrogens is 410 g/mol. The van der Waals surface area contributed by atoms with E-state index in [4.69, 9.17) is 14.7 Å². The van der Waals surface area contributed by atoms with Crippen molar-refractivity contribution in [3.63, 3.8) is 0 Å². The molecule has 0 atom stereocenters. The first-order valence-electron chi connectivity index (χ1n) is 8.25. The predicted octanol–water partition coefficient (Wildman–Crippen LogP) is 5.99. The molecule has 0 spiro atoms. The van der Waals surface area contributed by atoms with Crippen LogP contribution in [-0.2, 0) is 9.53 Å². The molecule has 0 aliphatic rings. The van der Waals surface area contributed by atoms with Gasteiger partial charge in [-0.1, -0.05) is 0 Å². The summed E-state index contributed by atoms with van der Waals surface area (Å²) in [6.07, 6.45) is 2.23. The molecule has 2 rings (SSSR count). The number of nitriles is 1. The molecule has 2 aromatic carbocycles. The number of carbonyl (C=O) groups excluding carboxylic acids is 1. The fourth-order valence-electron chi connectivity index (χ4n) is 2.37. The number of benzene rings is 2. The number of ether oxygens (including phenoxy) is 2. The van der Waals surface area contributed by atoms with E-state index in [0.29, 0.717) is 5.56 Å². The summed E-state index contributed by atoms with van der Waals surface area (Å²) in [4.78, 5) is 11.4. The third-order valence-electron chi connectivity index (χ3n) is 3.55. The Kier molecular flexibility index (Phi) is 7.29. The van der Waals surface area contributed by atoms with Crippen LogP contribution in [0.25, 0.3) is 6.08 Å². The Morgan fingerprint density at radius 1 is 1.28 bits per heavy atom. The van der Waals surface area contributed by atoms with Gasteiger partial charge in [-0.25, -0.2) is 9.18 Å². The van der Waals surface area contributed by atoms with E-state index in [-0.39, 0.29) is 45.9 Å². The first-order valence-corrected chi connectivity index (χ1v) is 9.07. The van der Waals surface area contributed by atoms with Crippen LogP contribution in [0, 0.1) is 24.1 Å². The van der Waals surface area contributed by atoms with Crippen molar-refractivity contribution in [3.8, 4) is 17.6 Å². The lowest BCUT2D eigenvalue weighted by atomic mass is 10.1. The number of carbonyl (C=O) groups is 1. The lowest BCUT2D eigenvalue weighted by Crippen LogP contribution is -2.02. The van der Waals surface area contributed by atoms with Crippen LogP contribution in [0.15, 0.2) is 41.3 Å². The predicted molar refractivity (Wildman–Crippen MR) is 99.9 cm³/mol. The highest BCUT2D eigenvalue weighted by Gasteiger charge is 2.31. The van der Waals surface area contributed by atoms with E-state index in [1.54, 1.807) is 13.0 Å². The van der Waals surface area contributed by atoms with E-state index < -0.39 is 17.3 Å². The van der Waals surface area contributed by atoms with Crippen molar-refractivity contribution in [2.75, 3.05) is 6.61 Å². The van der Waals surface area contributed by atoms with E-state index in [9.17, 15) is 22.4 Å². The largest absolute Gasteiger partial charge is 0.463 e. The molecule has 0 aliphatic carbocycles. The van der Waals surface area contributed by atoms with Crippen LogP contribution in [0.1, 0.15) is 23.6 Å². The minimum atomic E-state index is -4.54. The Bertz CT molecular complexity index is 981. The van der Waals surface area contributed by atoms with Gasteiger partial charge in [0.2, 0.25) is 0 Å². The number of rotatable bonds is 6. The SMILES string of the molecule is CCOC(=O)/C=C/c1c(SC(F)(F)F)ccc(Oc2cc(F)cc(C#N)c2)c1C. The smallest absolute Gasteiger partial charge is 0.446 e. The summed E-state index contributed by atoms with van der Waals surface area (Å²) in [5.41, 5.74) is -4.10. The van der Waals surface area contributed by atoms with Crippen molar-refractivity contribution in [2.45, 2.75) is 24.3 Å². The van der Waals surface area contributed by atoms with Crippen LogP contribution in [-0.4, -0.2) is 18.1 Å². The van der Waals surface area contributed by atoms with Crippen molar-refractivity contribution in [2.24, 2.45) is 0 Å². The molecule has 0 saturated heterocycles. The van der Waals surface area contributed by atoms with Gasteiger partial charge in [0.25, 0.3) is 0 Å². The van der Waals surface area contributed by atoms with Gasteiger partial charge < -0.3 is 9.47 Å². The zero-order valence-electron chi connectivity index (χ0n) is 15.3. The molecule has 0 heterocycles. The molecule has 29 heavy (non-hydrogen) atoms. The zero-order chi connectivity index (χ0) is 21.6. The third-order valence-corrected chi connectivity index (χ3v) is 4.36. The summed E-state index contributed by atoms with van der Waals surface area (Å²) in [5.74, 6) is -1.23. The molecule has 0 radical (unpaired) electrons. The van der Waals surface area contributed by atoms with E-state index in [1.165, 1.54) is 31.2 Å². The molecule has 9 heteroatoms. The molecule has 0 aliphatic heterocycles. The fraction of sp³-hybridized carbons (Fsp3) is 0.200. The van der Waals surface area contributed by atoms with Gasteiger partial charge in [-0.15, -0.1) is 0 Å². The van der Waals surface area contributed by atoms with Gasteiger partial charge in [-0.2, -0.15) is 18.4 Å². The Morgan fingerprint density at radius 2 is 2.00 bits per heavy atom. The highest BCUT2D eigenvalue weighted by Crippen LogP contribution is 2.42. The second kappa shape index (κ2) is 9.47. The van der Waals surface area contributed by atoms with Gasteiger partial charge in [0.15, 0.2) is 0 Å². The minimum Gasteiger partial charge on any atom is -0.463 e. The van der Waals surface area contributed by atoms with Crippen molar-refractivity contribution in [3.05, 3.63) is 58.9 Å². The number of halogens is 4. The maximum Gasteiger partial charge on any atom is 0.446 e. The molecule has 0 saturated carbocycles. The van der Waals surface area contributed by atoms with Crippen LogP contribution < -0.4 is 4.74 Å². The number of hydrogen-bond donors (Lipinski definition) is 0. The van der Waals surface area contributed by atoms with Gasteiger partial charge in [-0.05, 0) is 61.5 Å². The molecule has 0 unspecified atom stereocenters. The first kappa shape index (κ1) is 22.3. The first-order chi connectivity index (χ1) is 13.6. The van der Waals surface area contributed by atoms with Crippen LogP contribution in [0.2, 0.25) is 0 Å². The molecule has 0 N–H and O–H groups in total. The van der Waals surface area contributed by atoms with Gasteiger partial charge in [0.1, 0.15) is 17.3 Å². The topological polar surface area (TPSA) is 59.3 Å². The van der Waals surface area contributed by atoms with E-state index >= 15 is 0 Å². The summed E-state index contributed by atoms with van der Waals surface area (Å²) >= 11 is -0.332. The molecule has 0 aromatic heterocycles. The van der Waals surface area contributed by atoms with Crippen molar-refractivity contribution < 1.29 is 31.8 Å². The summed E-state index contributed by atoms with van der Waals surface area (Å²) < 4.78 is 62.6. The minimum absolute atomic E-state index is 0.0150. The number of thioether (sulfide) groups is 1. The van der Waals surface area contributed by atoms with Gasteiger partial charge in [0, 0.05) is 22.6 Å². The monoisotopic (exact) mass is 425 g/mol. The fourth-order valence-corrected chi connectivity index (χ4v) is 3.09. The lowest BCUT2D eigenvalue weighted by molar-refractivity contribution is -0.137. The van der Waals surface area contributed by atoms with Gasteiger partial charge in [0.05, 0.1) is 18.2 Å². The third kappa shape index (κ3) is 6.54. The zero-order valence-corrected chi connectivity index (χ0v) is 16.2. The standard InChI is InChI=1S/C20H15F4NO3S/c1-3-27-19(26)7-4-16-12(2)17(5-6-18(16)29-20(22,23)24)28-15-9-13(11-25)8-14(21)10-15/h4-10H,3H2,1-2H3/b7-4+. The van der Waals surface area contributed by atoms with Gasteiger partial charge in [-0.3, -0.25) is 0 Å². The summed E-state index contributed by atoms with van der Waals surface area (Å²) in [6, 6.07) is 7.66. The molecule has 2 aromatic rings. The second-order valence-corrected chi connectivity index (χ2v) is 6.73. The Morgan fingerprint density at radius 3 is 2.62 bits per heavy atom. The lowest BCUT2D eigenvalue weighted by Gasteiger charge is -2.15. The summed E-state index contributed by atoms with van der Waals surface area (Å²) in [6.45, 7) is 3.23. The number of alkyl halides is 3. The molecule has 0 fully saturated rings. The Hall–Kier alpha value is -2.99. The Balaban J connectivity index is 2.47. The maximum absolute atomic E-state index is 13.6. The average Bonchev–Trinajstić information content (AvgIpc) is 2.62. The molecule has 4 nitrogen and oxygen atoms in total. The van der Waals surface area contributed by atoms with E-state index in [0.717, 1.165) is 18.2 Å². The summed E-state index contributed by atoms with van der Waals surface area (Å²) in [5, 5.41) is 8.93. The van der Waals surface area contributed by atoms with Crippen LogP contribution >= 0.6 is 11.8 Å². The number of nitrogens with zero attached hydrogens (tertiary/aromatic N) is 1. The normalized spacial score (nSPS) is 11.3. The Labute approximate surface area is 168 Å². The van der Waals surface area contributed by atoms with Crippen LogP contribution in [0.5, 0.6) is 11.5 Å². The summed E-state index contributed by atoms with van der Waals surface area (Å²) in [7, 11) is 0. The van der Waals surface area contributed by atoms with Crippen molar-refractivity contribution >= 4 is 23.8 Å². The van der Waals surface area contributed by atoms with Crippen molar-refractivity contribution in [1.82, 2.24) is 0 Å². The second-order valence-electron chi connectivity index (χ2n) is 5.62. The molecular formula is C20H15F4NO3S. The van der Waals surface area contributed by atoms with Crippen LogP contribution in [0.4, 0.5) is 17.6 Å². The quantitative estimate of drug-likeness (QED) is 0.246. The van der Waals surface area contributed by atoms with Crippen LogP contribution in [0.3, 0.4) is 0 Å². The molecule has 0 bridgehead atoms. The average molecular weight is 425 g/mol. The number of hydrogen-bond acceptors (Lipinski definition) is 5. The molecule has 0 amide bonds. The maximum atomic E-state index is 13.6. The van der Waals surface area contributed by atoms with E-state index in [2.05, 4.69) is 0 Å². The van der Waals surface area contributed by atoms with E-state index in [1.807, 2.05) is 0 Å².